The van der Waals surface area contributed by atoms with E-state index in [0.717, 1.165) is 40.7 Å². The normalized spacial score (nSPS) is 18.3. The molecule has 0 radical (unpaired) electrons. The molecule has 154 valence electrons. The molecule has 6 rings (SSSR count). The lowest BCUT2D eigenvalue weighted by Gasteiger charge is -2.38. The molecule has 0 fully saturated rings. The van der Waals surface area contributed by atoms with Crippen LogP contribution < -0.4 is 10.4 Å². The van der Waals surface area contributed by atoms with Gasteiger partial charge in [0, 0.05) is 24.0 Å². The second-order valence-electron chi connectivity index (χ2n) is 8.39. The van der Waals surface area contributed by atoms with Crippen molar-refractivity contribution >= 4 is 11.0 Å². The molecule has 0 amide bonds. The number of hydrogen-bond acceptors (Lipinski definition) is 4. The summed E-state index contributed by atoms with van der Waals surface area (Å²) < 4.78 is 11.9. The third kappa shape index (κ3) is 3.15. The van der Waals surface area contributed by atoms with Crippen molar-refractivity contribution in [3.05, 3.63) is 99.9 Å². The van der Waals surface area contributed by atoms with Crippen LogP contribution in [0.4, 0.5) is 0 Å². The maximum Gasteiger partial charge on any atom is 0.336 e. The number of rotatable bonds is 2. The Morgan fingerprint density at radius 1 is 0.935 bits per heavy atom. The molecular formula is C27H23NO3. The third-order valence-corrected chi connectivity index (χ3v) is 6.58. The van der Waals surface area contributed by atoms with Gasteiger partial charge in [0.05, 0.1) is 5.56 Å². The average Bonchev–Trinajstić information content (AvgIpc) is 2.83. The summed E-state index contributed by atoms with van der Waals surface area (Å²) in [6.07, 6.45) is 3.42. The fraction of sp³-hybridized carbons (Fsp3) is 0.222. The average molecular weight is 409 g/mol. The summed E-state index contributed by atoms with van der Waals surface area (Å²) in [5, 5.41) is 0.944. The maximum absolute atomic E-state index is 12.5. The fourth-order valence-corrected chi connectivity index (χ4v) is 5.11. The van der Waals surface area contributed by atoms with Gasteiger partial charge >= 0.3 is 5.63 Å². The highest BCUT2D eigenvalue weighted by molar-refractivity contribution is 5.95. The summed E-state index contributed by atoms with van der Waals surface area (Å²) in [6, 6.07) is 24.6. The van der Waals surface area contributed by atoms with Crippen LogP contribution in [-0.4, -0.2) is 11.6 Å². The van der Waals surface area contributed by atoms with Crippen molar-refractivity contribution < 1.29 is 9.15 Å². The Hall–Kier alpha value is -3.37. The minimum atomic E-state index is -0.333. The van der Waals surface area contributed by atoms with E-state index in [1.165, 1.54) is 17.5 Å². The van der Waals surface area contributed by atoms with Gasteiger partial charge in [-0.3, -0.25) is 4.90 Å². The predicted molar refractivity (Wildman–Crippen MR) is 121 cm³/mol. The van der Waals surface area contributed by atoms with Crippen molar-refractivity contribution in [2.24, 2.45) is 0 Å². The van der Waals surface area contributed by atoms with Gasteiger partial charge in [-0.15, -0.1) is 0 Å². The van der Waals surface area contributed by atoms with Crippen LogP contribution in [0.25, 0.3) is 22.1 Å². The van der Waals surface area contributed by atoms with Gasteiger partial charge in [0.15, 0.2) is 0 Å². The topological polar surface area (TPSA) is 42.7 Å². The molecule has 4 heteroatoms. The molecule has 1 atom stereocenters. The summed E-state index contributed by atoms with van der Waals surface area (Å²) in [5.74, 6) is 0.807. The molecule has 4 aromatic rings. The van der Waals surface area contributed by atoms with E-state index in [2.05, 4.69) is 29.2 Å². The van der Waals surface area contributed by atoms with Crippen LogP contribution >= 0.6 is 0 Å². The van der Waals surface area contributed by atoms with E-state index in [9.17, 15) is 4.79 Å². The molecule has 0 spiro atoms. The second kappa shape index (κ2) is 7.40. The van der Waals surface area contributed by atoms with Gasteiger partial charge in [0.2, 0.25) is 0 Å². The van der Waals surface area contributed by atoms with E-state index in [4.69, 9.17) is 9.15 Å². The molecule has 0 bridgehead atoms. The number of fused-ring (bicyclic) bond motifs is 4. The summed E-state index contributed by atoms with van der Waals surface area (Å²) in [4.78, 5) is 14.9. The van der Waals surface area contributed by atoms with Gasteiger partial charge in [0.1, 0.15) is 18.1 Å². The first-order chi connectivity index (χ1) is 15.3. The molecule has 31 heavy (non-hydrogen) atoms. The number of ether oxygens (including phenoxy) is 1. The first kappa shape index (κ1) is 18.4. The lowest BCUT2D eigenvalue weighted by molar-refractivity contribution is 0.0482. The highest BCUT2D eigenvalue weighted by atomic mass is 16.5. The highest BCUT2D eigenvalue weighted by Gasteiger charge is 2.31. The quantitative estimate of drug-likeness (QED) is 0.399. The lowest BCUT2D eigenvalue weighted by atomic mass is 9.86. The molecule has 4 nitrogen and oxygen atoms in total. The number of nitrogens with zero attached hydrogens (tertiary/aromatic N) is 1. The molecule has 2 heterocycles. The van der Waals surface area contributed by atoms with Crippen molar-refractivity contribution in [2.45, 2.75) is 31.8 Å². The molecule has 3 aromatic carbocycles. The summed E-state index contributed by atoms with van der Waals surface area (Å²) in [5.41, 5.74) is 6.00. The Kier molecular flexibility index (Phi) is 4.39. The summed E-state index contributed by atoms with van der Waals surface area (Å²) >= 11 is 0. The fourth-order valence-electron chi connectivity index (χ4n) is 5.11. The van der Waals surface area contributed by atoms with Gasteiger partial charge in [-0.25, -0.2) is 4.79 Å². The Bertz CT molecular complexity index is 1330. The molecule has 0 saturated heterocycles. The monoisotopic (exact) mass is 409 g/mol. The number of benzene rings is 3. The number of aryl methyl sites for hydroxylation is 1. The van der Waals surface area contributed by atoms with Crippen LogP contribution in [0.2, 0.25) is 0 Å². The van der Waals surface area contributed by atoms with Gasteiger partial charge in [-0.05, 0) is 53.6 Å². The minimum Gasteiger partial charge on any atom is -0.478 e. The van der Waals surface area contributed by atoms with E-state index in [1.807, 2.05) is 42.5 Å². The van der Waals surface area contributed by atoms with Gasteiger partial charge in [0.25, 0.3) is 0 Å². The van der Waals surface area contributed by atoms with Crippen molar-refractivity contribution in [3.63, 3.8) is 0 Å². The van der Waals surface area contributed by atoms with Crippen molar-refractivity contribution in [3.8, 4) is 16.9 Å². The van der Waals surface area contributed by atoms with Crippen LogP contribution in [0.3, 0.4) is 0 Å². The Labute approximate surface area is 180 Å². The first-order valence-electron chi connectivity index (χ1n) is 10.9. The molecule has 0 N–H and O–H groups in total. The van der Waals surface area contributed by atoms with E-state index >= 15 is 0 Å². The lowest BCUT2D eigenvalue weighted by Crippen LogP contribution is -2.37. The maximum atomic E-state index is 12.5. The molecule has 1 aliphatic heterocycles. The zero-order valence-electron chi connectivity index (χ0n) is 17.2. The van der Waals surface area contributed by atoms with Crippen LogP contribution in [0.15, 0.2) is 82.0 Å². The van der Waals surface area contributed by atoms with Crippen LogP contribution in [0.1, 0.15) is 35.6 Å². The Morgan fingerprint density at radius 2 is 1.77 bits per heavy atom. The largest absolute Gasteiger partial charge is 0.478 e. The SMILES string of the molecule is O=c1cc(-c2ccccc2)c2ccc3c(c2o1)CN([C@H]1CCCc2ccccc21)CO3. The minimum absolute atomic E-state index is 0.317. The zero-order chi connectivity index (χ0) is 20.8. The standard InChI is InChI=1S/C27H23NO3/c29-26-15-22(19-7-2-1-3-8-19)21-13-14-25-23(27(21)31-26)16-28(17-30-25)24-12-6-10-18-9-4-5-11-20(18)24/h1-5,7-9,11,13-15,24H,6,10,12,16-17H2/t24-/m0/s1. The van der Waals surface area contributed by atoms with E-state index in [-0.39, 0.29) is 5.63 Å². The Morgan fingerprint density at radius 3 is 2.68 bits per heavy atom. The van der Waals surface area contributed by atoms with Gasteiger partial charge in [-0.2, -0.15) is 0 Å². The van der Waals surface area contributed by atoms with E-state index in [1.54, 1.807) is 6.07 Å². The molecule has 1 aliphatic carbocycles. The predicted octanol–water partition coefficient (Wildman–Crippen LogP) is 5.69. The highest BCUT2D eigenvalue weighted by Crippen LogP contribution is 2.41. The van der Waals surface area contributed by atoms with Crippen LogP contribution in [-0.2, 0) is 13.0 Å². The van der Waals surface area contributed by atoms with Crippen LogP contribution in [0.5, 0.6) is 5.75 Å². The smallest absolute Gasteiger partial charge is 0.336 e. The zero-order valence-corrected chi connectivity index (χ0v) is 17.2. The van der Waals surface area contributed by atoms with E-state index < -0.39 is 0 Å². The van der Waals surface area contributed by atoms with Crippen molar-refractivity contribution in [1.29, 1.82) is 0 Å². The molecular weight excluding hydrogens is 386 g/mol. The third-order valence-electron chi connectivity index (χ3n) is 6.58. The molecule has 0 saturated carbocycles. The second-order valence-corrected chi connectivity index (χ2v) is 8.39. The first-order valence-corrected chi connectivity index (χ1v) is 10.9. The van der Waals surface area contributed by atoms with Crippen molar-refractivity contribution in [2.75, 3.05) is 6.73 Å². The molecule has 1 aromatic heterocycles. The number of hydrogen-bond donors (Lipinski definition) is 0. The summed E-state index contributed by atoms with van der Waals surface area (Å²) in [7, 11) is 0. The Balaban J connectivity index is 1.46. The van der Waals surface area contributed by atoms with Crippen molar-refractivity contribution in [1.82, 2.24) is 4.90 Å². The van der Waals surface area contributed by atoms with Gasteiger partial charge in [-0.1, -0.05) is 54.6 Å². The van der Waals surface area contributed by atoms with Crippen LogP contribution in [0, 0.1) is 0 Å². The summed E-state index contributed by atoms with van der Waals surface area (Å²) in [6.45, 7) is 1.24. The molecule has 2 aliphatic rings. The molecule has 0 unspecified atom stereocenters. The van der Waals surface area contributed by atoms with E-state index in [0.29, 0.717) is 24.9 Å². The van der Waals surface area contributed by atoms with Gasteiger partial charge < -0.3 is 9.15 Å².